The summed E-state index contributed by atoms with van der Waals surface area (Å²) in [5.41, 5.74) is 2.28. The summed E-state index contributed by atoms with van der Waals surface area (Å²) in [5, 5.41) is 39.1. The fourth-order valence-corrected chi connectivity index (χ4v) is 5.80. The molecule has 0 saturated carbocycles. The lowest BCUT2D eigenvalue weighted by Crippen LogP contribution is -2.99. The number of aryl methyl sites for hydroxylation is 2. The third-order valence-electron chi connectivity index (χ3n) is 2.98. The molecule has 2 atom stereocenters. The van der Waals surface area contributed by atoms with Crippen molar-refractivity contribution in [1.29, 1.82) is 0 Å². The molecule has 0 aliphatic heterocycles. The second-order valence-electron chi connectivity index (χ2n) is 4.84. The number of quaternary nitrogens is 2. The van der Waals surface area contributed by atoms with E-state index in [0.29, 0.717) is 9.79 Å². The average Bonchev–Trinajstić information content (AvgIpc) is 2.49. The molecule has 6 nitrogen and oxygen atoms in total. The predicted octanol–water partition coefficient (Wildman–Crippen LogP) is 2.56. The smallest absolute Gasteiger partial charge is 0.178 e. The molecule has 2 rings (SSSR count). The molecule has 0 saturated heterocycles. The van der Waals surface area contributed by atoms with Crippen LogP contribution in [0.5, 0.6) is 0 Å². The molecular weight excluding hydrogens is 356 g/mol. The van der Waals surface area contributed by atoms with Crippen molar-refractivity contribution >= 4 is 42.8 Å². The van der Waals surface area contributed by atoms with Gasteiger partial charge in [0.1, 0.15) is 0 Å². The van der Waals surface area contributed by atoms with Gasteiger partial charge in [0.15, 0.2) is 11.4 Å². The highest BCUT2D eigenvalue weighted by Crippen LogP contribution is 2.47. The molecule has 0 bridgehead atoms. The summed E-state index contributed by atoms with van der Waals surface area (Å²) in [4.78, 5) is 1.29. The molecule has 0 fully saturated rings. The fraction of sp³-hybridized carbons (Fsp3) is 0.143. The van der Waals surface area contributed by atoms with Crippen LogP contribution in [-0.4, -0.2) is 10.4 Å². The zero-order valence-corrected chi connectivity index (χ0v) is 14.8. The standard InChI is InChI=1S/C14H16N2O4S3/c1-9-3-5-13(11(7-9)15(17)18)21-23-22-14-6-4-10(2)8-12(14)16(19)20/h3-8,15-17,19H,1-2H3. The van der Waals surface area contributed by atoms with Crippen molar-refractivity contribution in [3.05, 3.63) is 57.9 Å². The molecule has 2 aromatic carbocycles. The van der Waals surface area contributed by atoms with Crippen molar-refractivity contribution in [2.45, 2.75) is 23.6 Å². The summed E-state index contributed by atoms with van der Waals surface area (Å²) in [5.74, 6) is 0. The van der Waals surface area contributed by atoms with Gasteiger partial charge in [-0.3, -0.25) is 0 Å². The third kappa shape index (κ3) is 5.11. The van der Waals surface area contributed by atoms with Gasteiger partial charge in [-0.25, -0.2) is 10.4 Å². The highest BCUT2D eigenvalue weighted by molar-refractivity contribution is 9.09. The molecule has 124 valence electrons. The van der Waals surface area contributed by atoms with E-state index in [1.165, 1.54) is 31.4 Å². The Morgan fingerprint density at radius 3 is 1.52 bits per heavy atom. The van der Waals surface area contributed by atoms with Crippen LogP contribution in [0, 0.1) is 24.3 Å². The summed E-state index contributed by atoms with van der Waals surface area (Å²) in [7, 11) is 3.96. The van der Waals surface area contributed by atoms with Crippen LogP contribution in [0.1, 0.15) is 11.1 Å². The Balaban J connectivity index is 2.09. The van der Waals surface area contributed by atoms with E-state index in [4.69, 9.17) is 0 Å². The molecule has 0 heterocycles. The zero-order valence-electron chi connectivity index (χ0n) is 12.4. The molecule has 23 heavy (non-hydrogen) atoms. The first-order valence-corrected chi connectivity index (χ1v) is 10.1. The van der Waals surface area contributed by atoms with Crippen LogP contribution in [0.4, 0.5) is 11.4 Å². The minimum Gasteiger partial charge on any atom is -0.595 e. The average molecular weight is 372 g/mol. The zero-order chi connectivity index (χ0) is 17.0. The normalized spacial score (nSPS) is 13.8. The van der Waals surface area contributed by atoms with Crippen molar-refractivity contribution < 1.29 is 20.9 Å². The van der Waals surface area contributed by atoms with Crippen molar-refractivity contribution in [3.63, 3.8) is 0 Å². The van der Waals surface area contributed by atoms with Gasteiger partial charge in [-0.15, -0.1) is 0 Å². The SMILES string of the molecule is Cc1ccc(SSSc2ccc(C)cc2[NH+]([O-])O)c([NH+]([O-])O)c1. The Morgan fingerprint density at radius 1 is 0.783 bits per heavy atom. The van der Waals surface area contributed by atoms with E-state index >= 15 is 0 Å². The monoisotopic (exact) mass is 372 g/mol. The summed E-state index contributed by atoms with van der Waals surface area (Å²) in [6, 6.07) is 10.5. The van der Waals surface area contributed by atoms with E-state index in [2.05, 4.69) is 0 Å². The number of nitrogens with one attached hydrogen (secondary N) is 2. The Kier molecular flexibility index (Phi) is 6.77. The van der Waals surface area contributed by atoms with Crippen molar-refractivity contribution in [1.82, 2.24) is 0 Å². The molecule has 2 unspecified atom stereocenters. The van der Waals surface area contributed by atoms with E-state index in [9.17, 15) is 20.8 Å². The number of benzene rings is 2. The molecule has 2 aromatic rings. The van der Waals surface area contributed by atoms with E-state index < -0.39 is 10.5 Å². The van der Waals surface area contributed by atoms with E-state index in [0.717, 1.165) is 11.1 Å². The van der Waals surface area contributed by atoms with Gasteiger partial charge in [-0.1, -0.05) is 12.1 Å². The number of hydrogen-bond acceptors (Lipinski definition) is 7. The maximum atomic E-state index is 11.3. The van der Waals surface area contributed by atoms with Gasteiger partial charge in [-0.05, 0) is 68.5 Å². The first-order chi connectivity index (χ1) is 10.9. The quantitative estimate of drug-likeness (QED) is 0.457. The largest absolute Gasteiger partial charge is 0.595 e. The van der Waals surface area contributed by atoms with Crippen LogP contribution >= 0.6 is 31.4 Å². The summed E-state index contributed by atoms with van der Waals surface area (Å²) >= 11 is 0. The summed E-state index contributed by atoms with van der Waals surface area (Å²) in [6.07, 6.45) is 0. The van der Waals surface area contributed by atoms with Gasteiger partial charge in [0, 0.05) is 12.1 Å². The predicted molar refractivity (Wildman–Crippen MR) is 93.2 cm³/mol. The van der Waals surface area contributed by atoms with Gasteiger partial charge in [0.2, 0.25) is 0 Å². The second kappa shape index (κ2) is 8.38. The highest BCUT2D eigenvalue weighted by atomic mass is 33.5. The topological polar surface area (TPSA) is 95.5 Å². The fourth-order valence-electron chi connectivity index (χ4n) is 1.86. The molecular formula is C14H16N2O4S3. The van der Waals surface area contributed by atoms with E-state index in [1.54, 1.807) is 24.3 Å². The van der Waals surface area contributed by atoms with Crippen LogP contribution in [-0.2, 0) is 0 Å². The van der Waals surface area contributed by atoms with Crippen LogP contribution < -0.4 is 10.5 Å². The van der Waals surface area contributed by atoms with Crippen LogP contribution in [0.15, 0.2) is 46.2 Å². The van der Waals surface area contributed by atoms with Crippen LogP contribution in [0.3, 0.4) is 0 Å². The molecule has 0 spiro atoms. The first kappa shape index (κ1) is 18.6. The van der Waals surface area contributed by atoms with Gasteiger partial charge < -0.3 is 10.4 Å². The van der Waals surface area contributed by atoms with Crippen LogP contribution in [0.25, 0.3) is 0 Å². The first-order valence-electron chi connectivity index (χ1n) is 6.57. The number of rotatable bonds is 6. The van der Waals surface area contributed by atoms with E-state index in [-0.39, 0.29) is 11.4 Å². The lowest BCUT2D eigenvalue weighted by Gasteiger charge is -2.16. The maximum Gasteiger partial charge on any atom is 0.178 e. The Morgan fingerprint density at radius 2 is 1.17 bits per heavy atom. The minimum absolute atomic E-state index is 0.255. The molecule has 0 aliphatic rings. The van der Waals surface area contributed by atoms with Gasteiger partial charge >= 0.3 is 0 Å². The van der Waals surface area contributed by atoms with Gasteiger partial charge in [-0.2, -0.15) is 10.5 Å². The molecule has 0 radical (unpaired) electrons. The third-order valence-corrected chi connectivity index (χ3v) is 6.90. The molecule has 0 aliphatic carbocycles. The van der Waals surface area contributed by atoms with Crippen molar-refractivity contribution in [2.75, 3.05) is 0 Å². The Labute approximate surface area is 145 Å². The number of hydrogen-bond donors (Lipinski definition) is 4. The lowest BCUT2D eigenvalue weighted by molar-refractivity contribution is -0.992. The molecule has 9 heteroatoms. The van der Waals surface area contributed by atoms with Gasteiger partial charge in [0.25, 0.3) is 0 Å². The van der Waals surface area contributed by atoms with Crippen molar-refractivity contribution in [3.8, 4) is 0 Å². The molecule has 0 aromatic heterocycles. The lowest BCUT2D eigenvalue weighted by atomic mass is 10.2. The highest BCUT2D eigenvalue weighted by Gasteiger charge is 2.14. The maximum absolute atomic E-state index is 11.3. The molecule has 0 amide bonds. The van der Waals surface area contributed by atoms with Crippen LogP contribution in [0.2, 0.25) is 0 Å². The van der Waals surface area contributed by atoms with Crippen molar-refractivity contribution in [2.24, 2.45) is 0 Å². The summed E-state index contributed by atoms with van der Waals surface area (Å²) < 4.78 is 0. The molecule has 4 N–H and O–H groups in total. The second-order valence-corrected chi connectivity index (χ2v) is 8.83. The Bertz CT molecular complexity index is 626. The minimum atomic E-state index is -0.969. The van der Waals surface area contributed by atoms with E-state index in [1.807, 2.05) is 26.0 Å². The summed E-state index contributed by atoms with van der Waals surface area (Å²) in [6.45, 7) is 3.68. The Hall–Kier alpha value is -0.750. The van der Waals surface area contributed by atoms with Gasteiger partial charge in [0.05, 0.1) is 9.79 Å².